The molecule has 2 N–H and O–H groups in total. The minimum absolute atomic E-state index is 0.139. The first-order chi connectivity index (χ1) is 11.5. The Labute approximate surface area is 146 Å². The summed E-state index contributed by atoms with van der Waals surface area (Å²) in [6, 6.07) is 14.4. The predicted molar refractivity (Wildman–Crippen MR) is 94.0 cm³/mol. The Morgan fingerprint density at radius 3 is 2.38 bits per heavy atom. The minimum atomic E-state index is -0.732. The van der Waals surface area contributed by atoms with Crippen molar-refractivity contribution >= 4 is 29.1 Å². The average Bonchev–Trinajstić information content (AvgIpc) is 2.58. The number of amides is 2. The van der Waals surface area contributed by atoms with Gasteiger partial charge < -0.3 is 15.4 Å². The summed E-state index contributed by atoms with van der Waals surface area (Å²) >= 11 is 6.12. The Morgan fingerprint density at radius 2 is 1.75 bits per heavy atom. The molecule has 1 atom stereocenters. The number of carbonyl (C=O) groups excluding carboxylic acids is 2. The Bertz CT molecular complexity index is 716. The van der Waals surface area contributed by atoms with E-state index in [1.165, 1.54) is 7.11 Å². The smallest absolute Gasteiger partial charge is 0.313 e. The van der Waals surface area contributed by atoms with Crippen LogP contribution in [0.15, 0.2) is 48.5 Å². The summed E-state index contributed by atoms with van der Waals surface area (Å²) in [6.07, 6.45) is -0.435. The number of halogens is 1. The van der Waals surface area contributed by atoms with Crippen LogP contribution >= 0.6 is 11.6 Å². The van der Waals surface area contributed by atoms with Gasteiger partial charge in [-0.1, -0.05) is 47.5 Å². The van der Waals surface area contributed by atoms with Crippen molar-refractivity contribution in [1.29, 1.82) is 0 Å². The fourth-order valence-electron chi connectivity index (χ4n) is 2.15. The van der Waals surface area contributed by atoms with Crippen molar-refractivity contribution < 1.29 is 14.3 Å². The Hall–Kier alpha value is -2.37. The van der Waals surface area contributed by atoms with Gasteiger partial charge in [0.2, 0.25) is 0 Å². The number of rotatable bonds is 5. The van der Waals surface area contributed by atoms with Gasteiger partial charge in [-0.15, -0.1) is 0 Å². The number of hydrogen-bond acceptors (Lipinski definition) is 3. The van der Waals surface area contributed by atoms with E-state index in [1.807, 2.05) is 37.3 Å². The molecule has 0 aliphatic carbocycles. The predicted octanol–water partition coefficient (Wildman–Crippen LogP) is 3.09. The summed E-state index contributed by atoms with van der Waals surface area (Å²) < 4.78 is 5.35. The van der Waals surface area contributed by atoms with E-state index in [0.717, 1.165) is 11.1 Å². The first-order valence-corrected chi connectivity index (χ1v) is 7.82. The maximum absolute atomic E-state index is 11.9. The molecule has 0 saturated heterocycles. The second-order valence-electron chi connectivity index (χ2n) is 5.28. The number of hydrogen-bond donors (Lipinski definition) is 2. The molecule has 2 amide bonds. The standard InChI is InChI=1S/C18H19ClN2O3/c1-12-7-9-13(10-8-12)21-18(23)17(22)20-11-16(24-2)14-5-3-4-6-15(14)19/h3-10,16H,11H2,1-2H3,(H,20,22)(H,21,23). The largest absolute Gasteiger partial charge is 0.375 e. The zero-order valence-electron chi connectivity index (χ0n) is 13.5. The number of benzene rings is 2. The van der Waals surface area contributed by atoms with Gasteiger partial charge in [0.05, 0.1) is 0 Å². The van der Waals surface area contributed by atoms with E-state index in [1.54, 1.807) is 18.2 Å². The highest BCUT2D eigenvalue weighted by Crippen LogP contribution is 2.24. The molecule has 126 valence electrons. The number of methoxy groups -OCH3 is 1. The summed E-state index contributed by atoms with van der Waals surface area (Å²) in [7, 11) is 1.52. The lowest BCUT2D eigenvalue weighted by atomic mass is 10.1. The van der Waals surface area contributed by atoms with Crippen molar-refractivity contribution in [3.63, 3.8) is 0 Å². The second kappa shape index (κ2) is 8.47. The molecule has 1 unspecified atom stereocenters. The normalized spacial score (nSPS) is 11.6. The monoisotopic (exact) mass is 346 g/mol. The molecule has 0 bridgehead atoms. The maximum atomic E-state index is 11.9. The zero-order valence-corrected chi connectivity index (χ0v) is 14.3. The van der Waals surface area contributed by atoms with Gasteiger partial charge in [-0.3, -0.25) is 9.59 Å². The van der Waals surface area contributed by atoms with Gasteiger partial charge in [0, 0.05) is 29.9 Å². The molecule has 0 radical (unpaired) electrons. The van der Waals surface area contributed by atoms with Crippen molar-refractivity contribution in [2.75, 3.05) is 19.0 Å². The molecule has 0 saturated carbocycles. The number of ether oxygens (including phenoxy) is 1. The van der Waals surface area contributed by atoms with E-state index in [9.17, 15) is 9.59 Å². The van der Waals surface area contributed by atoms with E-state index < -0.39 is 17.9 Å². The highest BCUT2D eigenvalue weighted by molar-refractivity contribution is 6.39. The van der Waals surface area contributed by atoms with Gasteiger partial charge in [0.15, 0.2) is 0 Å². The van der Waals surface area contributed by atoms with Gasteiger partial charge in [-0.25, -0.2) is 0 Å². The summed E-state index contributed by atoms with van der Waals surface area (Å²) in [5.41, 5.74) is 2.39. The van der Waals surface area contributed by atoms with E-state index in [2.05, 4.69) is 10.6 Å². The van der Waals surface area contributed by atoms with Crippen molar-refractivity contribution in [2.24, 2.45) is 0 Å². The third-order valence-electron chi connectivity index (χ3n) is 3.50. The summed E-state index contributed by atoms with van der Waals surface area (Å²) in [6.45, 7) is 2.08. The highest BCUT2D eigenvalue weighted by atomic mass is 35.5. The van der Waals surface area contributed by atoms with Crippen LogP contribution in [-0.4, -0.2) is 25.5 Å². The summed E-state index contributed by atoms with van der Waals surface area (Å²) in [4.78, 5) is 23.9. The molecule has 24 heavy (non-hydrogen) atoms. The fourth-order valence-corrected chi connectivity index (χ4v) is 2.40. The fraction of sp³-hybridized carbons (Fsp3) is 0.222. The van der Waals surface area contributed by atoms with E-state index in [0.29, 0.717) is 10.7 Å². The molecule has 0 fully saturated rings. The molecular weight excluding hydrogens is 328 g/mol. The van der Waals surface area contributed by atoms with Gasteiger partial charge in [-0.2, -0.15) is 0 Å². The van der Waals surface area contributed by atoms with Crippen LogP contribution in [0.1, 0.15) is 17.2 Å². The van der Waals surface area contributed by atoms with Crippen LogP contribution in [0, 0.1) is 6.92 Å². The molecule has 2 aromatic carbocycles. The average molecular weight is 347 g/mol. The van der Waals surface area contributed by atoms with Crippen molar-refractivity contribution in [2.45, 2.75) is 13.0 Å². The van der Waals surface area contributed by atoms with Gasteiger partial charge >= 0.3 is 11.8 Å². The Balaban J connectivity index is 1.92. The van der Waals surface area contributed by atoms with Crippen LogP contribution in [0.5, 0.6) is 0 Å². The van der Waals surface area contributed by atoms with Crippen LogP contribution in [0.2, 0.25) is 5.02 Å². The number of anilines is 1. The molecule has 2 rings (SSSR count). The molecule has 5 nitrogen and oxygen atoms in total. The van der Waals surface area contributed by atoms with Gasteiger partial charge in [0.1, 0.15) is 6.10 Å². The van der Waals surface area contributed by atoms with Crippen molar-refractivity contribution in [3.8, 4) is 0 Å². The highest BCUT2D eigenvalue weighted by Gasteiger charge is 2.18. The first-order valence-electron chi connectivity index (χ1n) is 7.44. The summed E-state index contributed by atoms with van der Waals surface area (Å²) in [5.74, 6) is -1.46. The lowest BCUT2D eigenvalue weighted by Gasteiger charge is -2.17. The Kier molecular flexibility index (Phi) is 6.35. The van der Waals surface area contributed by atoms with Crippen LogP contribution < -0.4 is 10.6 Å². The quantitative estimate of drug-likeness (QED) is 0.817. The van der Waals surface area contributed by atoms with Crippen LogP contribution in [0.25, 0.3) is 0 Å². The first kappa shape index (κ1) is 18.0. The number of nitrogens with one attached hydrogen (secondary N) is 2. The van der Waals surface area contributed by atoms with Crippen LogP contribution in [-0.2, 0) is 14.3 Å². The molecule has 6 heteroatoms. The lowest BCUT2D eigenvalue weighted by molar-refractivity contribution is -0.136. The minimum Gasteiger partial charge on any atom is -0.375 e. The third-order valence-corrected chi connectivity index (χ3v) is 3.84. The lowest BCUT2D eigenvalue weighted by Crippen LogP contribution is -2.38. The Morgan fingerprint density at radius 1 is 1.08 bits per heavy atom. The van der Waals surface area contributed by atoms with E-state index in [-0.39, 0.29) is 6.54 Å². The van der Waals surface area contributed by atoms with Crippen molar-refractivity contribution in [3.05, 3.63) is 64.7 Å². The third kappa shape index (κ3) is 4.81. The maximum Gasteiger partial charge on any atom is 0.313 e. The number of carbonyl (C=O) groups is 2. The second-order valence-corrected chi connectivity index (χ2v) is 5.68. The van der Waals surface area contributed by atoms with Crippen LogP contribution in [0.3, 0.4) is 0 Å². The molecule has 0 aliphatic rings. The van der Waals surface area contributed by atoms with Gasteiger partial charge in [0.25, 0.3) is 0 Å². The summed E-state index contributed by atoms with van der Waals surface area (Å²) in [5, 5.41) is 5.64. The van der Waals surface area contributed by atoms with Crippen LogP contribution in [0.4, 0.5) is 5.69 Å². The topological polar surface area (TPSA) is 67.4 Å². The molecule has 0 heterocycles. The zero-order chi connectivity index (χ0) is 17.5. The van der Waals surface area contributed by atoms with E-state index >= 15 is 0 Å². The number of aryl methyl sites for hydroxylation is 1. The molecule has 0 spiro atoms. The molecule has 2 aromatic rings. The van der Waals surface area contributed by atoms with E-state index in [4.69, 9.17) is 16.3 Å². The molecule has 0 aromatic heterocycles. The SMILES string of the molecule is COC(CNC(=O)C(=O)Nc1ccc(C)cc1)c1ccccc1Cl. The molecule has 0 aliphatic heterocycles. The molecular formula is C18H19ClN2O3. The van der Waals surface area contributed by atoms with Crippen molar-refractivity contribution in [1.82, 2.24) is 5.32 Å². The van der Waals surface area contributed by atoms with Gasteiger partial charge in [-0.05, 0) is 25.1 Å².